The van der Waals surface area contributed by atoms with Crippen molar-refractivity contribution in [2.75, 3.05) is 11.1 Å². The van der Waals surface area contributed by atoms with E-state index in [-0.39, 0.29) is 17.5 Å². The monoisotopic (exact) mass is 480 g/mol. The minimum absolute atomic E-state index is 0.0129. The number of hydrogen-bond acceptors (Lipinski definition) is 5. The number of fused-ring (bicyclic) bond motifs is 1. The molecule has 0 atom stereocenters. The number of benzene rings is 3. The summed E-state index contributed by atoms with van der Waals surface area (Å²) in [4.78, 5) is 21.9. The van der Waals surface area contributed by atoms with Crippen LogP contribution in [0.1, 0.15) is 22.4 Å². The maximum atomic E-state index is 12.7. The molecule has 5 rings (SSSR count). The van der Waals surface area contributed by atoms with Gasteiger partial charge in [-0.3, -0.25) is 14.4 Å². The lowest BCUT2D eigenvalue weighted by molar-refractivity contribution is -0.113. The molecule has 0 saturated heterocycles. The SMILES string of the molecule is Cc1ccc(C)c(NC(=O)CSc2nc(/C=C3\C=Nc4ccccc43)c(O)n2-c2ccccc2)c1. The fourth-order valence-electron chi connectivity index (χ4n) is 3.90. The van der Waals surface area contributed by atoms with Gasteiger partial charge in [0.2, 0.25) is 11.8 Å². The normalized spacial score (nSPS) is 13.3. The predicted octanol–water partition coefficient (Wildman–Crippen LogP) is 6.18. The summed E-state index contributed by atoms with van der Waals surface area (Å²) in [6.45, 7) is 3.96. The van der Waals surface area contributed by atoms with Gasteiger partial charge in [-0.2, -0.15) is 0 Å². The Hall–Kier alpha value is -4.10. The lowest BCUT2D eigenvalue weighted by Gasteiger charge is -2.10. The minimum Gasteiger partial charge on any atom is -0.493 e. The van der Waals surface area contributed by atoms with E-state index in [4.69, 9.17) is 4.98 Å². The van der Waals surface area contributed by atoms with Gasteiger partial charge >= 0.3 is 0 Å². The number of allylic oxidation sites excluding steroid dienone is 1. The molecule has 1 aliphatic rings. The molecule has 4 aromatic rings. The fraction of sp³-hybridized carbons (Fsp3) is 0.107. The van der Waals surface area contributed by atoms with E-state index in [1.54, 1.807) is 10.8 Å². The summed E-state index contributed by atoms with van der Waals surface area (Å²) in [5.41, 5.74) is 6.82. The van der Waals surface area contributed by atoms with Crippen LogP contribution in [0.4, 0.5) is 11.4 Å². The third-order valence-corrected chi connectivity index (χ3v) is 6.65. The summed E-state index contributed by atoms with van der Waals surface area (Å²) in [5, 5.41) is 14.6. The highest BCUT2D eigenvalue weighted by Crippen LogP contribution is 2.36. The molecule has 0 unspecified atom stereocenters. The highest BCUT2D eigenvalue weighted by molar-refractivity contribution is 7.99. The van der Waals surface area contributed by atoms with E-state index in [0.29, 0.717) is 10.9 Å². The number of nitrogens with one attached hydrogen (secondary N) is 1. The van der Waals surface area contributed by atoms with Crippen LogP contribution in [0.25, 0.3) is 17.3 Å². The van der Waals surface area contributed by atoms with Gasteiger partial charge in [-0.1, -0.05) is 60.3 Å². The maximum Gasteiger partial charge on any atom is 0.234 e. The average molecular weight is 481 g/mol. The molecule has 0 radical (unpaired) electrons. The number of aryl methyl sites for hydroxylation is 2. The highest BCUT2D eigenvalue weighted by Gasteiger charge is 2.20. The second-order valence-corrected chi connectivity index (χ2v) is 9.25. The smallest absolute Gasteiger partial charge is 0.234 e. The van der Waals surface area contributed by atoms with Crippen LogP contribution in [0.15, 0.2) is 82.9 Å². The number of aromatic nitrogens is 2. The number of hydrogen-bond donors (Lipinski definition) is 2. The first kappa shape index (κ1) is 22.7. The van der Waals surface area contributed by atoms with Crippen LogP contribution in [0, 0.1) is 13.8 Å². The molecule has 0 aliphatic carbocycles. The number of aromatic hydroxyl groups is 1. The quantitative estimate of drug-likeness (QED) is 0.323. The summed E-state index contributed by atoms with van der Waals surface area (Å²) in [7, 11) is 0. The molecule has 0 fully saturated rings. The zero-order valence-electron chi connectivity index (χ0n) is 19.4. The topological polar surface area (TPSA) is 79.5 Å². The molecule has 174 valence electrons. The third-order valence-electron chi connectivity index (χ3n) is 5.71. The largest absolute Gasteiger partial charge is 0.493 e. The van der Waals surface area contributed by atoms with Gasteiger partial charge in [0, 0.05) is 23.0 Å². The minimum atomic E-state index is -0.137. The number of carbonyl (C=O) groups is 1. The number of imidazole rings is 1. The summed E-state index contributed by atoms with van der Waals surface area (Å²) < 4.78 is 1.67. The maximum absolute atomic E-state index is 12.7. The lowest BCUT2D eigenvalue weighted by atomic mass is 10.1. The van der Waals surface area contributed by atoms with Gasteiger partial charge in [0.05, 0.1) is 17.1 Å². The zero-order valence-corrected chi connectivity index (χ0v) is 20.2. The summed E-state index contributed by atoms with van der Waals surface area (Å²) >= 11 is 1.27. The number of para-hydroxylation sites is 2. The van der Waals surface area contributed by atoms with Crippen molar-refractivity contribution in [3.8, 4) is 11.6 Å². The third kappa shape index (κ3) is 4.76. The number of thioether (sulfide) groups is 1. The number of nitrogens with zero attached hydrogens (tertiary/aromatic N) is 3. The standard InChI is InChI=1S/C28H24N4O2S/c1-18-12-13-19(2)24(14-18)30-26(33)17-35-28-31-25(27(34)32(28)21-8-4-3-5-9-21)15-20-16-29-23-11-7-6-10-22(20)23/h3-16,34H,17H2,1-2H3,(H,30,33)/b20-15+. The average Bonchev–Trinajstić information content (AvgIpc) is 3.41. The number of rotatable bonds is 6. The Morgan fingerprint density at radius 1 is 1.06 bits per heavy atom. The van der Waals surface area contributed by atoms with Gasteiger partial charge < -0.3 is 10.4 Å². The van der Waals surface area contributed by atoms with Crippen LogP contribution in [-0.2, 0) is 4.79 Å². The number of carbonyl (C=O) groups excluding carboxylic acids is 1. The van der Waals surface area contributed by atoms with Crippen LogP contribution in [0.3, 0.4) is 0 Å². The molecule has 0 spiro atoms. The molecule has 35 heavy (non-hydrogen) atoms. The Balaban J connectivity index is 1.44. The number of amides is 1. The molecule has 2 heterocycles. The van der Waals surface area contributed by atoms with Crippen LogP contribution in [-0.4, -0.2) is 32.5 Å². The van der Waals surface area contributed by atoms with Gasteiger partial charge in [0.15, 0.2) is 5.16 Å². The summed E-state index contributed by atoms with van der Waals surface area (Å²) in [6.07, 6.45) is 3.60. The molecule has 0 bridgehead atoms. The predicted molar refractivity (Wildman–Crippen MR) is 143 cm³/mol. The van der Waals surface area contributed by atoms with Crippen molar-refractivity contribution in [1.82, 2.24) is 9.55 Å². The van der Waals surface area contributed by atoms with Gasteiger partial charge in [0.25, 0.3) is 0 Å². The van der Waals surface area contributed by atoms with E-state index in [1.807, 2.05) is 92.7 Å². The van der Waals surface area contributed by atoms with E-state index in [2.05, 4.69) is 10.3 Å². The number of anilines is 1. The molecular weight excluding hydrogens is 456 g/mol. The first-order chi connectivity index (χ1) is 17.0. The molecule has 2 N–H and O–H groups in total. The van der Waals surface area contributed by atoms with E-state index >= 15 is 0 Å². The van der Waals surface area contributed by atoms with Crippen molar-refractivity contribution in [3.05, 3.63) is 95.2 Å². The first-order valence-electron chi connectivity index (χ1n) is 11.2. The zero-order chi connectivity index (χ0) is 24.4. The van der Waals surface area contributed by atoms with Crippen molar-refractivity contribution in [1.29, 1.82) is 0 Å². The van der Waals surface area contributed by atoms with Crippen molar-refractivity contribution in [2.24, 2.45) is 4.99 Å². The fourth-order valence-corrected chi connectivity index (χ4v) is 4.72. The second kappa shape index (κ2) is 9.64. The van der Waals surface area contributed by atoms with Gasteiger partial charge in [-0.15, -0.1) is 0 Å². The second-order valence-electron chi connectivity index (χ2n) is 8.30. The number of aliphatic imine (C=N–C) groups is 1. The van der Waals surface area contributed by atoms with Crippen molar-refractivity contribution < 1.29 is 9.90 Å². The Kier molecular flexibility index (Phi) is 6.25. The molecule has 1 amide bonds. The van der Waals surface area contributed by atoms with Crippen LogP contribution in [0.5, 0.6) is 5.88 Å². The van der Waals surface area contributed by atoms with Crippen molar-refractivity contribution >= 4 is 46.9 Å². The highest BCUT2D eigenvalue weighted by atomic mass is 32.2. The lowest BCUT2D eigenvalue weighted by Crippen LogP contribution is -2.15. The molecular formula is C28H24N4O2S. The van der Waals surface area contributed by atoms with Crippen LogP contribution in [0.2, 0.25) is 0 Å². The van der Waals surface area contributed by atoms with Crippen molar-refractivity contribution in [2.45, 2.75) is 19.0 Å². The Morgan fingerprint density at radius 3 is 2.66 bits per heavy atom. The van der Waals surface area contributed by atoms with E-state index in [0.717, 1.165) is 39.3 Å². The van der Waals surface area contributed by atoms with Crippen molar-refractivity contribution in [3.63, 3.8) is 0 Å². The molecule has 6 nitrogen and oxygen atoms in total. The van der Waals surface area contributed by atoms with E-state index < -0.39 is 0 Å². The first-order valence-corrected chi connectivity index (χ1v) is 12.2. The van der Waals surface area contributed by atoms with E-state index in [1.165, 1.54) is 11.8 Å². The summed E-state index contributed by atoms with van der Waals surface area (Å²) in [6, 6.07) is 23.3. The van der Waals surface area contributed by atoms with Crippen LogP contribution < -0.4 is 5.32 Å². The van der Waals surface area contributed by atoms with Crippen LogP contribution >= 0.6 is 11.8 Å². The molecule has 1 aromatic heterocycles. The molecule has 7 heteroatoms. The van der Waals surface area contributed by atoms with Gasteiger partial charge in [0.1, 0.15) is 5.69 Å². The van der Waals surface area contributed by atoms with Gasteiger partial charge in [-0.25, -0.2) is 4.98 Å². The Labute approximate surface area is 208 Å². The molecule has 3 aromatic carbocycles. The van der Waals surface area contributed by atoms with E-state index in [9.17, 15) is 9.90 Å². The molecule has 0 saturated carbocycles. The summed E-state index contributed by atoms with van der Waals surface area (Å²) in [5.74, 6) is 0.0261. The molecule has 1 aliphatic heterocycles. The Morgan fingerprint density at radius 2 is 1.83 bits per heavy atom. The Bertz CT molecular complexity index is 1470. The van der Waals surface area contributed by atoms with Gasteiger partial charge in [-0.05, 0) is 55.3 Å².